The first-order valence-electron chi connectivity index (χ1n) is 3.95. The van der Waals surface area contributed by atoms with E-state index >= 15 is 0 Å². The topological polar surface area (TPSA) is 18.5 Å². The summed E-state index contributed by atoms with van der Waals surface area (Å²) in [6.45, 7) is 9.39. The van der Waals surface area contributed by atoms with Gasteiger partial charge >= 0.3 is 0 Å². The molecule has 1 rings (SSSR count). The minimum absolute atomic E-state index is 0.565. The fourth-order valence-corrected chi connectivity index (χ4v) is 1.00. The first kappa shape index (κ1) is 8.91. The quantitative estimate of drug-likeness (QED) is 0.596. The maximum absolute atomic E-state index is 5.45. The number of allylic oxidation sites excluding steroid dienone is 3. The summed E-state index contributed by atoms with van der Waals surface area (Å²) in [6, 6.07) is 0. The average molecular weight is 166 g/mol. The minimum Gasteiger partial charge on any atom is -0.450 e. The summed E-state index contributed by atoms with van der Waals surface area (Å²) in [6.07, 6.45) is 5.66. The van der Waals surface area contributed by atoms with Crippen LogP contribution in [0.25, 0.3) is 0 Å². The van der Waals surface area contributed by atoms with Gasteiger partial charge in [0.2, 0.25) is 5.79 Å². The van der Waals surface area contributed by atoms with Gasteiger partial charge in [-0.05, 0) is 13.0 Å². The van der Waals surface area contributed by atoms with Crippen molar-refractivity contribution < 1.29 is 9.47 Å². The number of hydrogen-bond acceptors (Lipinski definition) is 2. The van der Waals surface area contributed by atoms with Gasteiger partial charge in [0, 0.05) is 13.8 Å². The molecule has 0 spiro atoms. The Balaban J connectivity index is 2.77. The molecule has 1 aliphatic rings. The molecular weight excluding hydrogens is 152 g/mol. The van der Waals surface area contributed by atoms with Crippen LogP contribution in [0.4, 0.5) is 0 Å². The highest BCUT2D eigenvalue weighted by molar-refractivity contribution is 5.25. The van der Waals surface area contributed by atoms with Crippen molar-refractivity contribution in [1.82, 2.24) is 0 Å². The number of ether oxygens (including phenoxy) is 2. The Labute approximate surface area is 73.2 Å². The molecule has 1 aliphatic heterocycles. The van der Waals surface area contributed by atoms with E-state index in [0.717, 1.165) is 0 Å². The second-order valence-electron chi connectivity index (χ2n) is 3.08. The van der Waals surface area contributed by atoms with Crippen LogP contribution in [0, 0.1) is 0 Å². The summed E-state index contributed by atoms with van der Waals surface area (Å²) in [5.74, 6) is 0.737. The number of hydrogen-bond donors (Lipinski definition) is 0. The molecule has 0 atom stereocenters. The first-order valence-corrected chi connectivity index (χ1v) is 3.95. The van der Waals surface area contributed by atoms with Crippen LogP contribution in [0.1, 0.15) is 20.8 Å². The lowest BCUT2D eigenvalue weighted by Crippen LogP contribution is -2.18. The lowest BCUT2D eigenvalue weighted by atomic mass is 10.4. The molecule has 2 nitrogen and oxygen atoms in total. The molecule has 0 unspecified atom stereocenters. The smallest absolute Gasteiger partial charge is 0.246 e. The highest BCUT2D eigenvalue weighted by Crippen LogP contribution is 2.32. The van der Waals surface area contributed by atoms with Crippen LogP contribution in [0.5, 0.6) is 0 Å². The Morgan fingerprint density at radius 1 is 1.33 bits per heavy atom. The third-order valence-electron chi connectivity index (χ3n) is 1.44. The molecule has 66 valence electrons. The van der Waals surface area contributed by atoms with E-state index in [-0.39, 0.29) is 0 Å². The van der Waals surface area contributed by atoms with Gasteiger partial charge in [-0.1, -0.05) is 18.7 Å². The summed E-state index contributed by atoms with van der Waals surface area (Å²) in [5, 5.41) is 0. The fourth-order valence-electron chi connectivity index (χ4n) is 1.00. The van der Waals surface area contributed by atoms with Gasteiger partial charge in [0.05, 0.1) is 0 Å². The molecule has 1 saturated heterocycles. The maximum Gasteiger partial charge on any atom is 0.246 e. The highest BCUT2D eigenvalue weighted by atomic mass is 16.7. The van der Waals surface area contributed by atoms with Gasteiger partial charge < -0.3 is 9.47 Å². The molecule has 0 bridgehead atoms. The SMILES string of the molecule is C=C1OC(C)(C)O/C1=C/C=C\C. The Kier molecular flexibility index (Phi) is 2.27. The van der Waals surface area contributed by atoms with E-state index in [1.165, 1.54) is 0 Å². The fraction of sp³-hybridized carbons (Fsp3) is 0.400. The normalized spacial score (nSPS) is 24.6. The molecular formula is C10H14O2. The van der Waals surface area contributed by atoms with Crippen molar-refractivity contribution in [2.24, 2.45) is 0 Å². The molecule has 1 heterocycles. The van der Waals surface area contributed by atoms with Crippen molar-refractivity contribution in [2.45, 2.75) is 26.6 Å². The van der Waals surface area contributed by atoms with Crippen LogP contribution in [-0.4, -0.2) is 5.79 Å². The molecule has 0 radical (unpaired) electrons. The number of rotatable bonds is 1. The van der Waals surface area contributed by atoms with Gasteiger partial charge in [0.25, 0.3) is 0 Å². The lowest BCUT2D eigenvalue weighted by molar-refractivity contribution is -0.104. The summed E-state index contributed by atoms with van der Waals surface area (Å²) in [4.78, 5) is 0. The van der Waals surface area contributed by atoms with E-state index in [0.29, 0.717) is 11.5 Å². The van der Waals surface area contributed by atoms with Gasteiger partial charge in [0.15, 0.2) is 11.5 Å². The van der Waals surface area contributed by atoms with Crippen LogP contribution < -0.4 is 0 Å². The molecule has 0 aliphatic carbocycles. The molecule has 0 aromatic carbocycles. The molecule has 0 N–H and O–H groups in total. The summed E-state index contributed by atoms with van der Waals surface area (Å²) in [5.41, 5.74) is 0. The van der Waals surface area contributed by atoms with Crippen molar-refractivity contribution in [1.29, 1.82) is 0 Å². The van der Waals surface area contributed by atoms with Crippen molar-refractivity contribution >= 4 is 0 Å². The molecule has 2 heteroatoms. The van der Waals surface area contributed by atoms with Gasteiger partial charge in [-0.2, -0.15) is 0 Å². The zero-order valence-corrected chi connectivity index (χ0v) is 7.76. The Hall–Kier alpha value is -1.18. The molecule has 0 aromatic rings. The second-order valence-corrected chi connectivity index (χ2v) is 3.08. The monoisotopic (exact) mass is 166 g/mol. The van der Waals surface area contributed by atoms with Crippen molar-refractivity contribution in [3.8, 4) is 0 Å². The van der Waals surface area contributed by atoms with Crippen LogP contribution >= 0.6 is 0 Å². The van der Waals surface area contributed by atoms with E-state index < -0.39 is 5.79 Å². The van der Waals surface area contributed by atoms with Crippen molar-refractivity contribution in [3.63, 3.8) is 0 Å². The summed E-state index contributed by atoms with van der Waals surface area (Å²) >= 11 is 0. The van der Waals surface area contributed by atoms with Crippen molar-refractivity contribution in [3.05, 3.63) is 36.3 Å². The predicted molar refractivity (Wildman–Crippen MR) is 48.3 cm³/mol. The molecule has 1 fully saturated rings. The lowest BCUT2D eigenvalue weighted by Gasteiger charge is -2.14. The van der Waals surface area contributed by atoms with Gasteiger partial charge in [-0.3, -0.25) is 0 Å². The van der Waals surface area contributed by atoms with E-state index in [4.69, 9.17) is 9.47 Å². The third-order valence-corrected chi connectivity index (χ3v) is 1.44. The molecule has 12 heavy (non-hydrogen) atoms. The van der Waals surface area contributed by atoms with Crippen LogP contribution in [0.2, 0.25) is 0 Å². The Morgan fingerprint density at radius 2 is 2.00 bits per heavy atom. The van der Waals surface area contributed by atoms with Crippen LogP contribution in [-0.2, 0) is 9.47 Å². The second kappa shape index (κ2) is 3.05. The minimum atomic E-state index is -0.565. The van der Waals surface area contributed by atoms with E-state index in [1.54, 1.807) is 0 Å². The molecule has 0 amide bonds. The van der Waals surface area contributed by atoms with Crippen LogP contribution in [0.3, 0.4) is 0 Å². The van der Waals surface area contributed by atoms with Gasteiger partial charge in [-0.15, -0.1) is 0 Å². The standard InChI is InChI=1S/C10H14O2/c1-5-6-7-9-8(2)11-10(3,4)12-9/h5-7H,2H2,1,3-4H3/b6-5-,9-7+. The molecule has 0 aromatic heterocycles. The highest BCUT2D eigenvalue weighted by Gasteiger charge is 2.32. The van der Waals surface area contributed by atoms with Crippen LogP contribution in [0.15, 0.2) is 36.3 Å². The first-order chi connectivity index (χ1) is 5.55. The maximum atomic E-state index is 5.45. The Morgan fingerprint density at radius 3 is 2.42 bits per heavy atom. The zero-order valence-electron chi connectivity index (χ0n) is 7.76. The molecule has 0 saturated carbocycles. The van der Waals surface area contributed by atoms with E-state index in [2.05, 4.69) is 6.58 Å². The third kappa shape index (κ3) is 1.91. The summed E-state index contributed by atoms with van der Waals surface area (Å²) < 4.78 is 10.8. The van der Waals surface area contributed by atoms with E-state index in [1.807, 2.05) is 39.0 Å². The average Bonchev–Trinajstić information content (AvgIpc) is 2.20. The van der Waals surface area contributed by atoms with Gasteiger partial charge in [0.1, 0.15) is 0 Å². The van der Waals surface area contributed by atoms with E-state index in [9.17, 15) is 0 Å². The van der Waals surface area contributed by atoms with Gasteiger partial charge in [-0.25, -0.2) is 0 Å². The largest absolute Gasteiger partial charge is 0.450 e. The summed E-state index contributed by atoms with van der Waals surface area (Å²) in [7, 11) is 0. The Bertz CT molecular complexity index is 247. The zero-order chi connectivity index (χ0) is 9.19. The van der Waals surface area contributed by atoms with Crippen molar-refractivity contribution in [2.75, 3.05) is 0 Å². The predicted octanol–water partition coefficient (Wildman–Crippen LogP) is 2.74.